The minimum absolute atomic E-state index is 0.00764. The van der Waals surface area contributed by atoms with Gasteiger partial charge < -0.3 is 15.0 Å². The van der Waals surface area contributed by atoms with Gasteiger partial charge in [0.25, 0.3) is 0 Å². The number of amides is 2. The molecule has 1 N–H and O–H groups in total. The molecule has 0 aliphatic carbocycles. The van der Waals surface area contributed by atoms with Crippen LogP contribution in [-0.2, 0) is 14.3 Å². The van der Waals surface area contributed by atoms with Crippen molar-refractivity contribution in [2.45, 2.75) is 26.7 Å². The van der Waals surface area contributed by atoms with Crippen molar-refractivity contribution >= 4 is 11.8 Å². The van der Waals surface area contributed by atoms with E-state index in [0.29, 0.717) is 26.3 Å². The highest BCUT2D eigenvalue weighted by molar-refractivity contribution is 5.85. The summed E-state index contributed by atoms with van der Waals surface area (Å²) in [6.45, 7) is 6.62. The van der Waals surface area contributed by atoms with E-state index < -0.39 is 0 Å². The zero-order valence-electron chi connectivity index (χ0n) is 10.7. The molecule has 1 heterocycles. The number of hydrogen-bond donors (Lipinski definition) is 1. The molecule has 5 nitrogen and oxygen atoms in total. The molecule has 0 aromatic rings. The minimum Gasteiger partial charge on any atom is -0.381 e. The van der Waals surface area contributed by atoms with Crippen molar-refractivity contribution in [1.82, 2.24) is 10.2 Å². The van der Waals surface area contributed by atoms with Gasteiger partial charge in [0.15, 0.2) is 0 Å². The van der Waals surface area contributed by atoms with Crippen LogP contribution in [0.25, 0.3) is 0 Å². The van der Waals surface area contributed by atoms with Gasteiger partial charge in [0.05, 0.1) is 6.54 Å². The summed E-state index contributed by atoms with van der Waals surface area (Å²) in [5, 5.41) is 2.72. The smallest absolute Gasteiger partial charge is 0.241 e. The molecule has 0 unspecified atom stereocenters. The normalized spacial score (nSPS) is 16.6. The molecule has 5 heteroatoms. The Labute approximate surface area is 102 Å². The van der Waals surface area contributed by atoms with Gasteiger partial charge in [-0.1, -0.05) is 0 Å². The first-order chi connectivity index (χ1) is 8.19. The van der Waals surface area contributed by atoms with Crippen LogP contribution in [0.3, 0.4) is 0 Å². The first kappa shape index (κ1) is 14.0. The second-order valence-corrected chi connectivity index (χ2v) is 4.17. The van der Waals surface area contributed by atoms with E-state index in [9.17, 15) is 9.59 Å². The Balaban J connectivity index is 2.29. The van der Waals surface area contributed by atoms with E-state index >= 15 is 0 Å². The molecule has 0 atom stereocenters. The van der Waals surface area contributed by atoms with Crippen LogP contribution in [0.4, 0.5) is 0 Å². The van der Waals surface area contributed by atoms with Crippen molar-refractivity contribution in [3.8, 4) is 0 Å². The number of hydrogen-bond acceptors (Lipinski definition) is 3. The number of likely N-dealkylation sites (N-methyl/N-ethyl adjacent to an activating group) is 1. The largest absolute Gasteiger partial charge is 0.381 e. The molecule has 0 saturated carbocycles. The Morgan fingerprint density at radius 3 is 2.35 bits per heavy atom. The molecule has 0 bridgehead atoms. The lowest BCUT2D eigenvalue weighted by molar-refractivity contribution is -0.134. The van der Waals surface area contributed by atoms with Crippen molar-refractivity contribution in [2.75, 3.05) is 32.8 Å². The third kappa shape index (κ3) is 4.34. The van der Waals surface area contributed by atoms with Gasteiger partial charge in [0, 0.05) is 32.2 Å². The van der Waals surface area contributed by atoms with E-state index in [1.165, 1.54) is 0 Å². The Kier molecular flexibility index (Phi) is 5.97. The average Bonchev–Trinajstić information content (AvgIpc) is 2.38. The van der Waals surface area contributed by atoms with Gasteiger partial charge in [-0.05, 0) is 26.7 Å². The molecule has 1 rings (SSSR count). The van der Waals surface area contributed by atoms with Crippen LogP contribution in [0.2, 0.25) is 0 Å². The van der Waals surface area contributed by atoms with E-state index in [1.807, 2.05) is 13.8 Å². The number of nitrogens with one attached hydrogen (secondary N) is 1. The third-order valence-electron chi connectivity index (χ3n) is 3.12. The van der Waals surface area contributed by atoms with E-state index in [2.05, 4.69) is 5.32 Å². The number of nitrogens with zero attached hydrogens (tertiary/aromatic N) is 1. The summed E-state index contributed by atoms with van der Waals surface area (Å²) in [4.78, 5) is 25.2. The van der Waals surface area contributed by atoms with Crippen molar-refractivity contribution in [3.63, 3.8) is 0 Å². The molecule has 0 radical (unpaired) electrons. The molecular formula is C12H22N2O3. The molecule has 1 fully saturated rings. The maximum absolute atomic E-state index is 11.8. The van der Waals surface area contributed by atoms with Crippen molar-refractivity contribution in [1.29, 1.82) is 0 Å². The maximum atomic E-state index is 11.8. The summed E-state index contributed by atoms with van der Waals surface area (Å²) in [5.41, 5.74) is 0. The van der Waals surface area contributed by atoms with Crippen LogP contribution in [0, 0.1) is 5.92 Å². The number of carbonyl (C=O) groups excluding carboxylic acids is 2. The average molecular weight is 242 g/mol. The molecule has 1 aliphatic heterocycles. The summed E-state index contributed by atoms with van der Waals surface area (Å²) in [7, 11) is 0. The third-order valence-corrected chi connectivity index (χ3v) is 3.12. The van der Waals surface area contributed by atoms with Crippen molar-refractivity contribution < 1.29 is 14.3 Å². The molecule has 0 spiro atoms. The fourth-order valence-corrected chi connectivity index (χ4v) is 1.95. The summed E-state index contributed by atoms with van der Waals surface area (Å²) in [6, 6.07) is 0. The first-order valence-electron chi connectivity index (χ1n) is 6.32. The zero-order chi connectivity index (χ0) is 12.7. The summed E-state index contributed by atoms with van der Waals surface area (Å²) < 4.78 is 5.19. The van der Waals surface area contributed by atoms with Crippen LogP contribution < -0.4 is 5.32 Å². The van der Waals surface area contributed by atoms with Gasteiger partial charge in [-0.3, -0.25) is 9.59 Å². The van der Waals surface area contributed by atoms with E-state index in [1.54, 1.807) is 4.90 Å². The lowest BCUT2D eigenvalue weighted by Crippen LogP contribution is -2.42. The molecule has 17 heavy (non-hydrogen) atoms. The van der Waals surface area contributed by atoms with E-state index in [0.717, 1.165) is 12.8 Å². The fourth-order valence-electron chi connectivity index (χ4n) is 1.95. The Hall–Kier alpha value is -1.10. The summed E-state index contributed by atoms with van der Waals surface area (Å²) in [5.74, 6) is -0.0301. The van der Waals surface area contributed by atoms with Crippen molar-refractivity contribution in [3.05, 3.63) is 0 Å². The lowest BCUT2D eigenvalue weighted by atomic mass is 9.99. The Bertz CT molecular complexity index is 258. The predicted octanol–water partition coefficient (Wildman–Crippen LogP) is 0.398. The molecule has 1 aliphatic rings. The maximum Gasteiger partial charge on any atom is 0.241 e. The number of rotatable bonds is 5. The van der Waals surface area contributed by atoms with E-state index in [-0.39, 0.29) is 24.3 Å². The SMILES string of the molecule is CCN(CC)C(=O)CNC(=O)C1CCOCC1. The molecule has 2 amide bonds. The van der Waals surface area contributed by atoms with Gasteiger partial charge in [-0.25, -0.2) is 0 Å². The highest BCUT2D eigenvalue weighted by Gasteiger charge is 2.22. The van der Waals surface area contributed by atoms with Crippen LogP contribution in [0.1, 0.15) is 26.7 Å². The first-order valence-corrected chi connectivity index (χ1v) is 6.32. The van der Waals surface area contributed by atoms with Crippen LogP contribution in [0.15, 0.2) is 0 Å². The standard InChI is InChI=1S/C12H22N2O3/c1-3-14(4-2)11(15)9-13-12(16)10-5-7-17-8-6-10/h10H,3-9H2,1-2H3,(H,13,16). The quantitative estimate of drug-likeness (QED) is 0.759. The monoisotopic (exact) mass is 242 g/mol. The van der Waals surface area contributed by atoms with Gasteiger partial charge in [0.2, 0.25) is 11.8 Å². The van der Waals surface area contributed by atoms with Crippen molar-refractivity contribution in [2.24, 2.45) is 5.92 Å². The Morgan fingerprint density at radius 2 is 1.82 bits per heavy atom. The Morgan fingerprint density at radius 1 is 1.24 bits per heavy atom. The molecule has 98 valence electrons. The molecule has 0 aromatic carbocycles. The minimum atomic E-state index is -0.0196. The van der Waals surface area contributed by atoms with Gasteiger partial charge in [-0.15, -0.1) is 0 Å². The van der Waals surface area contributed by atoms with Crippen LogP contribution in [-0.4, -0.2) is 49.6 Å². The highest BCUT2D eigenvalue weighted by atomic mass is 16.5. The predicted molar refractivity (Wildman–Crippen MR) is 64.5 cm³/mol. The highest BCUT2D eigenvalue weighted by Crippen LogP contribution is 2.14. The second-order valence-electron chi connectivity index (χ2n) is 4.17. The van der Waals surface area contributed by atoms with Gasteiger partial charge in [0.1, 0.15) is 0 Å². The summed E-state index contributed by atoms with van der Waals surface area (Å²) >= 11 is 0. The second kappa shape index (κ2) is 7.27. The van der Waals surface area contributed by atoms with Gasteiger partial charge >= 0.3 is 0 Å². The number of carbonyl (C=O) groups is 2. The lowest BCUT2D eigenvalue weighted by Gasteiger charge is -2.22. The van der Waals surface area contributed by atoms with Gasteiger partial charge in [-0.2, -0.15) is 0 Å². The fraction of sp³-hybridized carbons (Fsp3) is 0.833. The zero-order valence-corrected chi connectivity index (χ0v) is 10.7. The molecule has 1 saturated heterocycles. The molecular weight excluding hydrogens is 220 g/mol. The van der Waals surface area contributed by atoms with Crippen LogP contribution in [0.5, 0.6) is 0 Å². The number of ether oxygens (including phenoxy) is 1. The van der Waals surface area contributed by atoms with E-state index in [4.69, 9.17) is 4.74 Å². The van der Waals surface area contributed by atoms with Crippen LogP contribution >= 0.6 is 0 Å². The topological polar surface area (TPSA) is 58.6 Å². The summed E-state index contributed by atoms with van der Waals surface area (Å²) in [6.07, 6.45) is 1.51. The molecule has 0 aromatic heterocycles.